The molecule has 7 heteroatoms. The molecule has 0 radical (unpaired) electrons. The number of nitrogens with zero attached hydrogens (tertiary/aromatic N) is 1. The fourth-order valence-electron chi connectivity index (χ4n) is 4.75. The van der Waals surface area contributed by atoms with Gasteiger partial charge in [0.25, 0.3) is 0 Å². The van der Waals surface area contributed by atoms with Gasteiger partial charge in [-0.25, -0.2) is 4.79 Å². The molecule has 0 saturated carbocycles. The van der Waals surface area contributed by atoms with E-state index in [4.69, 9.17) is 24.7 Å². The Hall–Kier alpha value is -5.22. The van der Waals surface area contributed by atoms with Gasteiger partial charge in [-0.2, -0.15) is 5.26 Å². The predicted octanol–water partition coefficient (Wildman–Crippen LogP) is 6.98. The van der Waals surface area contributed by atoms with Gasteiger partial charge in [0.2, 0.25) is 5.88 Å². The summed E-state index contributed by atoms with van der Waals surface area (Å²) in [5.74, 6) is 1.27. The number of hydrogen-bond acceptors (Lipinski definition) is 7. The molecule has 7 nitrogen and oxygen atoms in total. The Labute approximate surface area is 245 Å². The summed E-state index contributed by atoms with van der Waals surface area (Å²) in [5.41, 5.74) is 10.3. The first-order valence-corrected chi connectivity index (χ1v) is 13.8. The number of esters is 1. The maximum atomic E-state index is 12.8. The van der Waals surface area contributed by atoms with E-state index in [0.717, 1.165) is 16.7 Å². The summed E-state index contributed by atoms with van der Waals surface area (Å²) in [4.78, 5) is 12.8. The van der Waals surface area contributed by atoms with Crippen molar-refractivity contribution in [2.45, 2.75) is 45.3 Å². The number of rotatable bonds is 9. The minimum absolute atomic E-state index is 0.00405. The van der Waals surface area contributed by atoms with Gasteiger partial charge in [-0.1, -0.05) is 74.5 Å². The zero-order chi connectivity index (χ0) is 29.6. The molecule has 2 unspecified atom stereocenters. The Morgan fingerprint density at radius 3 is 2.36 bits per heavy atom. The Morgan fingerprint density at radius 2 is 1.64 bits per heavy atom. The second kappa shape index (κ2) is 12.5. The largest absolute Gasteiger partial charge is 0.489 e. The smallest absolute Gasteiger partial charge is 0.352 e. The van der Waals surface area contributed by atoms with E-state index in [1.165, 1.54) is 5.56 Å². The van der Waals surface area contributed by atoms with Gasteiger partial charge < -0.3 is 24.7 Å². The third-order valence-electron chi connectivity index (χ3n) is 7.04. The molecule has 0 bridgehead atoms. The molecule has 4 aromatic rings. The Bertz CT molecular complexity index is 1640. The number of ether oxygens (including phenoxy) is 4. The van der Waals surface area contributed by atoms with E-state index >= 15 is 0 Å². The lowest BCUT2D eigenvalue weighted by Crippen LogP contribution is -2.28. The van der Waals surface area contributed by atoms with Crippen molar-refractivity contribution in [3.63, 3.8) is 0 Å². The van der Waals surface area contributed by atoms with E-state index in [0.29, 0.717) is 29.8 Å². The molecule has 0 aromatic heterocycles. The highest BCUT2D eigenvalue weighted by molar-refractivity contribution is 5.77. The van der Waals surface area contributed by atoms with E-state index in [1.807, 2.05) is 78.9 Å². The van der Waals surface area contributed by atoms with Gasteiger partial charge in [0.1, 0.15) is 41.2 Å². The molecular formula is C35H32N2O5. The van der Waals surface area contributed by atoms with Crippen LogP contribution in [0.5, 0.6) is 23.0 Å². The van der Waals surface area contributed by atoms with Gasteiger partial charge in [0.15, 0.2) is 6.10 Å². The molecule has 212 valence electrons. The summed E-state index contributed by atoms with van der Waals surface area (Å²) in [6.07, 6.45) is -0.839. The van der Waals surface area contributed by atoms with E-state index in [1.54, 1.807) is 25.1 Å². The third kappa shape index (κ3) is 6.39. The monoisotopic (exact) mass is 560 g/mol. The summed E-state index contributed by atoms with van der Waals surface area (Å²) >= 11 is 0. The van der Waals surface area contributed by atoms with E-state index in [2.05, 4.69) is 19.9 Å². The number of hydrogen-bond donors (Lipinski definition) is 1. The summed E-state index contributed by atoms with van der Waals surface area (Å²) in [6.45, 7) is 6.28. The lowest BCUT2D eigenvalue weighted by molar-refractivity contribution is -0.141. The van der Waals surface area contributed by atoms with Crippen LogP contribution in [0.4, 0.5) is 0 Å². The van der Waals surface area contributed by atoms with Crippen LogP contribution in [0, 0.1) is 11.3 Å². The Morgan fingerprint density at radius 1 is 0.905 bits per heavy atom. The third-order valence-corrected chi connectivity index (χ3v) is 7.04. The summed E-state index contributed by atoms with van der Waals surface area (Å²) in [5, 5.41) is 9.96. The Kier molecular flexibility index (Phi) is 8.44. The number of carbonyl (C=O) groups is 1. The molecule has 2 N–H and O–H groups in total. The molecule has 0 fully saturated rings. The first-order chi connectivity index (χ1) is 20.3. The number of nitrogens with two attached hydrogens (primary N) is 1. The zero-order valence-electron chi connectivity index (χ0n) is 23.7. The average molecular weight is 561 g/mol. The molecule has 4 aromatic carbocycles. The van der Waals surface area contributed by atoms with E-state index in [-0.39, 0.29) is 17.2 Å². The van der Waals surface area contributed by atoms with E-state index in [9.17, 15) is 10.1 Å². The summed E-state index contributed by atoms with van der Waals surface area (Å²) in [6, 6.07) is 32.3. The lowest BCUT2D eigenvalue weighted by Gasteiger charge is -2.27. The Balaban J connectivity index is 1.33. The van der Waals surface area contributed by atoms with Gasteiger partial charge in [-0.3, -0.25) is 0 Å². The summed E-state index contributed by atoms with van der Waals surface area (Å²) < 4.78 is 23.2. The lowest BCUT2D eigenvalue weighted by atomic mass is 9.83. The topological polar surface area (TPSA) is 104 Å². The molecule has 0 saturated heterocycles. The van der Waals surface area contributed by atoms with Gasteiger partial charge in [-0.05, 0) is 59.9 Å². The predicted molar refractivity (Wildman–Crippen MR) is 159 cm³/mol. The zero-order valence-corrected chi connectivity index (χ0v) is 23.7. The number of carbonyl (C=O) groups excluding carboxylic acids is 1. The molecule has 1 aliphatic heterocycles. The molecule has 5 rings (SSSR count). The van der Waals surface area contributed by atoms with Crippen molar-refractivity contribution in [2.24, 2.45) is 5.73 Å². The number of fused-ring (bicyclic) bond motifs is 1. The van der Waals surface area contributed by atoms with Crippen LogP contribution < -0.4 is 24.7 Å². The summed E-state index contributed by atoms with van der Waals surface area (Å²) in [7, 11) is 0. The molecule has 0 spiro atoms. The normalized spacial score (nSPS) is 14.8. The van der Waals surface area contributed by atoms with Crippen LogP contribution in [0.2, 0.25) is 0 Å². The van der Waals surface area contributed by atoms with Crippen molar-refractivity contribution < 1.29 is 23.7 Å². The fraction of sp³-hybridized carbons (Fsp3) is 0.200. The fourth-order valence-corrected chi connectivity index (χ4v) is 4.75. The van der Waals surface area contributed by atoms with Crippen LogP contribution in [0.15, 0.2) is 109 Å². The van der Waals surface area contributed by atoms with Gasteiger partial charge >= 0.3 is 5.97 Å². The number of nitriles is 1. The molecule has 0 amide bonds. The molecule has 42 heavy (non-hydrogen) atoms. The molecule has 2 atom stereocenters. The molecule has 1 heterocycles. The van der Waals surface area contributed by atoms with Crippen molar-refractivity contribution >= 4 is 5.97 Å². The van der Waals surface area contributed by atoms with Crippen molar-refractivity contribution in [1.29, 1.82) is 5.26 Å². The highest BCUT2D eigenvalue weighted by atomic mass is 16.6. The van der Waals surface area contributed by atoms with E-state index < -0.39 is 18.0 Å². The first-order valence-electron chi connectivity index (χ1n) is 13.8. The van der Waals surface area contributed by atoms with Crippen molar-refractivity contribution in [3.05, 3.63) is 131 Å². The minimum Gasteiger partial charge on any atom is -0.489 e. The van der Waals surface area contributed by atoms with Crippen molar-refractivity contribution in [3.8, 4) is 29.1 Å². The highest BCUT2D eigenvalue weighted by Crippen LogP contribution is 2.44. The van der Waals surface area contributed by atoms with Crippen molar-refractivity contribution in [2.75, 3.05) is 0 Å². The van der Waals surface area contributed by atoms with Gasteiger partial charge in [0, 0.05) is 11.6 Å². The maximum absolute atomic E-state index is 12.8. The van der Waals surface area contributed by atoms with Crippen LogP contribution in [0.3, 0.4) is 0 Å². The van der Waals surface area contributed by atoms with Crippen LogP contribution in [-0.2, 0) is 11.4 Å². The van der Waals surface area contributed by atoms with Gasteiger partial charge in [-0.15, -0.1) is 0 Å². The molecular weight excluding hydrogens is 528 g/mol. The standard InChI is InChI=1S/C35H32N2O5/c1-22(2)25-12-14-27(15-13-25)40-23(3)35(38)41-29-16-17-30-32(19-29)42-34(37)31(20-36)33(30)26-10-7-11-28(18-26)39-21-24-8-5-4-6-9-24/h4-19,22-23,33H,21,37H2,1-3H3. The number of allylic oxidation sites excluding steroid dienone is 1. The van der Waals surface area contributed by atoms with Crippen LogP contribution in [0.1, 0.15) is 54.9 Å². The minimum atomic E-state index is -0.839. The van der Waals surface area contributed by atoms with Gasteiger partial charge in [0.05, 0.1) is 5.92 Å². The molecule has 1 aliphatic rings. The van der Waals surface area contributed by atoms with Crippen LogP contribution in [-0.4, -0.2) is 12.1 Å². The second-order valence-electron chi connectivity index (χ2n) is 10.4. The average Bonchev–Trinajstić information content (AvgIpc) is 3.00. The number of benzene rings is 4. The van der Waals surface area contributed by atoms with Crippen LogP contribution >= 0.6 is 0 Å². The quantitative estimate of drug-likeness (QED) is 0.174. The maximum Gasteiger partial charge on any atom is 0.352 e. The van der Waals surface area contributed by atoms with Crippen molar-refractivity contribution in [1.82, 2.24) is 0 Å². The highest BCUT2D eigenvalue weighted by Gasteiger charge is 2.31. The van der Waals surface area contributed by atoms with Crippen LogP contribution in [0.25, 0.3) is 0 Å². The second-order valence-corrected chi connectivity index (χ2v) is 10.4. The first kappa shape index (κ1) is 28.3. The SMILES string of the molecule is CC(Oc1ccc(C(C)C)cc1)C(=O)Oc1ccc2c(c1)OC(N)=C(C#N)C2c1cccc(OCc2ccccc2)c1. The molecule has 0 aliphatic carbocycles.